The van der Waals surface area contributed by atoms with Crippen LogP contribution in [-0.2, 0) is 54.2 Å². The van der Waals surface area contributed by atoms with Crippen LogP contribution in [0.25, 0.3) is 0 Å². The quantitative estimate of drug-likeness (QED) is 0.433. The highest BCUT2D eigenvalue weighted by atomic mass is 16.7. The van der Waals surface area contributed by atoms with Crippen molar-refractivity contribution in [2.24, 2.45) is 0 Å². The summed E-state index contributed by atoms with van der Waals surface area (Å²) in [7, 11) is 0. The molecule has 2 rings (SSSR count). The molecule has 1 aromatic rings. The Morgan fingerprint density at radius 1 is 0.774 bits per heavy atom. The molecule has 1 aliphatic heterocycles. The molecule has 0 saturated carbocycles. The molecule has 0 spiro atoms. The summed E-state index contributed by atoms with van der Waals surface area (Å²) < 4.78 is 32.6. The van der Waals surface area contributed by atoms with Crippen LogP contribution in [0, 0.1) is 0 Å². The Morgan fingerprint density at radius 3 is 1.90 bits per heavy atom. The predicted molar refractivity (Wildman–Crippen MR) is 103 cm³/mol. The fraction of sp³-hybridized carbons (Fsp3) is 0.524. The maximum Gasteiger partial charge on any atom is 0.305 e. The number of esters is 4. The van der Waals surface area contributed by atoms with E-state index < -0.39 is 54.6 Å². The minimum Gasteiger partial charge on any atom is -0.463 e. The number of carbonyl (C=O) groups excluding carboxylic acids is 4. The third-order valence-electron chi connectivity index (χ3n) is 4.21. The molecule has 170 valence electrons. The van der Waals surface area contributed by atoms with Gasteiger partial charge in [0.2, 0.25) is 12.4 Å². The van der Waals surface area contributed by atoms with Crippen LogP contribution in [0.5, 0.6) is 0 Å². The average molecular weight is 438 g/mol. The molecule has 1 aliphatic rings. The van der Waals surface area contributed by atoms with Crippen molar-refractivity contribution in [1.29, 1.82) is 0 Å². The zero-order chi connectivity index (χ0) is 23.0. The van der Waals surface area contributed by atoms with Gasteiger partial charge in [0.1, 0.15) is 18.8 Å². The summed E-state index contributed by atoms with van der Waals surface area (Å²) in [4.78, 5) is 46.4. The number of ether oxygens (including phenoxy) is 6. The van der Waals surface area contributed by atoms with Crippen molar-refractivity contribution in [3.8, 4) is 0 Å². The largest absolute Gasteiger partial charge is 0.463 e. The smallest absolute Gasteiger partial charge is 0.305 e. The van der Waals surface area contributed by atoms with Gasteiger partial charge in [-0.1, -0.05) is 30.3 Å². The van der Waals surface area contributed by atoms with Gasteiger partial charge in [-0.05, 0) is 5.56 Å². The van der Waals surface area contributed by atoms with Crippen LogP contribution in [-0.4, -0.2) is 61.2 Å². The third kappa shape index (κ3) is 7.65. The zero-order valence-corrected chi connectivity index (χ0v) is 17.8. The van der Waals surface area contributed by atoms with Crippen molar-refractivity contribution in [3.05, 3.63) is 35.9 Å². The lowest BCUT2D eigenvalue weighted by Crippen LogP contribution is -2.62. The van der Waals surface area contributed by atoms with Gasteiger partial charge >= 0.3 is 23.9 Å². The van der Waals surface area contributed by atoms with Crippen LogP contribution in [0.4, 0.5) is 0 Å². The van der Waals surface area contributed by atoms with Crippen LogP contribution >= 0.6 is 0 Å². The molecule has 0 radical (unpaired) electrons. The normalized spacial score (nSPS) is 25.2. The minimum atomic E-state index is -1.40. The molecule has 1 unspecified atom stereocenters. The van der Waals surface area contributed by atoms with E-state index in [1.807, 2.05) is 30.3 Å². The molecule has 10 heteroatoms. The summed E-state index contributed by atoms with van der Waals surface area (Å²) in [5, 5.41) is 0. The Hall–Kier alpha value is -2.98. The van der Waals surface area contributed by atoms with Crippen LogP contribution in [0.3, 0.4) is 0 Å². The molecule has 31 heavy (non-hydrogen) atoms. The van der Waals surface area contributed by atoms with Crippen molar-refractivity contribution in [2.75, 3.05) is 6.61 Å². The number of hydrogen-bond donors (Lipinski definition) is 0. The monoisotopic (exact) mass is 438 g/mol. The number of rotatable bonds is 8. The second-order valence-electron chi connectivity index (χ2n) is 6.86. The van der Waals surface area contributed by atoms with E-state index >= 15 is 0 Å². The first-order valence-electron chi connectivity index (χ1n) is 9.63. The van der Waals surface area contributed by atoms with Gasteiger partial charge < -0.3 is 28.4 Å². The zero-order valence-electron chi connectivity index (χ0n) is 17.8. The molecule has 1 heterocycles. The maximum absolute atomic E-state index is 11.8. The number of carbonyl (C=O) groups is 4. The lowest BCUT2D eigenvalue weighted by Gasteiger charge is -2.44. The van der Waals surface area contributed by atoms with E-state index in [0.717, 1.165) is 19.4 Å². The van der Waals surface area contributed by atoms with Gasteiger partial charge in [0.15, 0.2) is 6.10 Å². The van der Waals surface area contributed by atoms with Crippen LogP contribution in [0.15, 0.2) is 30.3 Å². The van der Waals surface area contributed by atoms with Crippen LogP contribution < -0.4 is 0 Å². The molecule has 0 aliphatic carbocycles. The highest BCUT2D eigenvalue weighted by molar-refractivity contribution is 5.68. The van der Waals surface area contributed by atoms with E-state index in [2.05, 4.69) is 0 Å². The van der Waals surface area contributed by atoms with E-state index in [9.17, 15) is 19.2 Å². The van der Waals surface area contributed by atoms with Gasteiger partial charge in [0.05, 0.1) is 6.61 Å². The standard InChI is InChI=1S/C21H26O10/c1-12(22)26-11-17-18(27-10-16-8-6-5-7-9-16)19(28-13(2)23)20(29-14(3)24)21(31-17)30-15(4)25/h5-9,17-21H,10-11H2,1-4H3/t17-,18+,19-,20+,21?/m0/s1. The number of hydrogen-bond acceptors (Lipinski definition) is 10. The summed E-state index contributed by atoms with van der Waals surface area (Å²) >= 11 is 0. The molecule has 0 amide bonds. The molecule has 0 N–H and O–H groups in total. The summed E-state index contributed by atoms with van der Waals surface area (Å²) in [5.41, 5.74) is 0.821. The topological polar surface area (TPSA) is 124 Å². The Labute approximate surface area is 179 Å². The SMILES string of the molecule is CC(=O)OC[C@@H]1OC(OC(C)=O)[C@H](OC(C)=O)[C@@H](OC(C)=O)[C@@H]1OCc1ccccc1. The highest BCUT2D eigenvalue weighted by Crippen LogP contribution is 2.30. The Kier molecular flexibility index (Phi) is 8.95. The van der Waals surface area contributed by atoms with Crippen molar-refractivity contribution >= 4 is 23.9 Å². The van der Waals surface area contributed by atoms with Crippen LogP contribution in [0.2, 0.25) is 0 Å². The highest BCUT2D eigenvalue weighted by Gasteiger charge is 2.52. The molecule has 1 aromatic carbocycles. The van der Waals surface area contributed by atoms with Crippen molar-refractivity contribution in [1.82, 2.24) is 0 Å². The first-order valence-corrected chi connectivity index (χ1v) is 9.63. The van der Waals surface area contributed by atoms with Gasteiger partial charge in [0, 0.05) is 27.7 Å². The summed E-state index contributed by atoms with van der Waals surface area (Å²) in [6.45, 7) is 4.54. The average Bonchev–Trinajstić information content (AvgIpc) is 2.67. The van der Waals surface area contributed by atoms with Gasteiger partial charge in [-0.3, -0.25) is 19.2 Å². The first kappa shape index (κ1) is 24.3. The Morgan fingerprint density at radius 2 is 1.35 bits per heavy atom. The fourth-order valence-corrected chi connectivity index (χ4v) is 3.08. The molecule has 0 aromatic heterocycles. The molecule has 1 fully saturated rings. The van der Waals surface area contributed by atoms with Crippen molar-refractivity contribution in [2.45, 2.75) is 65.0 Å². The van der Waals surface area contributed by atoms with E-state index in [1.165, 1.54) is 13.8 Å². The Balaban J connectivity index is 2.37. The summed E-state index contributed by atoms with van der Waals surface area (Å²) in [6, 6.07) is 9.16. The summed E-state index contributed by atoms with van der Waals surface area (Å²) in [6.07, 6.45) is -5.86. The van der Waals surface area contributed by atoms with Gasteiger partial charge in [-0.15, -0.1) is 0 Å². The van der Waals surface area contributed by atoms with Gasteiger partial charge in [-0.25, -0.2) is 0 Å². The second kappa shape index (κ2) is 11.4. The third-order valence-corrected chi connectivity index (χ3v) is 4.21. The van der Waals surface area contributed by atoms with E-state index in [0.29, 0.717) is 0 Å². The molecule has 5 atom stereocenters. The van der Waals surface area contributed by atoms with E-state index in [1.54, 1.807) is 0 Å². The van der Waals surface area contributed by atoms with Crippen molar-refractivity contribution in [3.63, 3.8) is 0 Å². The first-order chi connectivity index (χ1) is 14.7. The van der Waals surface area contributed by atoms with Gasteiger partial charge in [-0.2, -0.15) is 0 Å². The maximum atomic E-state index is 11.8. The Bertz CT molecular complexity index is 778. The number of benzene rings is 1. The predicted octanol–water partition coefficient (Wildman–Crippen LogP) is 1.29. The molecular formula is C21H26O10. The molecule has 10 nitrogen and oxygen atoms in total. The van der Waals surface area contributed by atoms with E-state index in [4.69, 9.17) is 28.4 Å². The minimum absolute atomic E-state index is 0.105. The second-order valence-corrected chi connectivity index (χ2v) is 6.86. The fourth-order valence-electron chi connectivity index (χ4n) is 3.08. The molecule has 1 saturated heterocycles. The summed E-state index contributed by atoms with van der Waals surface area (Å²) in [5.74, 6) is -2.66. The lowest BCUT2D eigenvalue weighted by molar-refractivity contribution is -0.305. The van der Waals surface area contributed by atoms with Gasteiger partial charge in [0.25, 0.3) is 0 Å². The van der Waals surface area contributed by atoms with Crippen molar-refractivity contribution < 1.29 is 47.6 Å². The lowest BCUT2D eigenvalue weighted by atomic mass is 9.98. The van der Waals surface area contributed by atoms with Crippen LogP contribution in [0.1, 0.15) is 33.3 Å². The molecule has 0 bridgehead atoms. The molecular weight excluding hydrogens is 412 g/mol. The van der Waals surface area contributed by atoms with E-state index in [-0.39, 0.29) is 13.2 Å².